The lowest BCUT2D eigenvalue weighted by atomic mass is 10.1. The molecule has 3 nitrogen and oxygen atoms in total. The number of rotatable bonds is 3. The van der Waals surface area contributed by atoms with Gasteiger partial charge in [-0.1, -0.05) is 15.9 Å². The molecule has 0 aliphatic heterocycles. The molecule has 0 N–H and O–H groups in total. The molecule has 0 aliphatic carbocycles. The molecule has 0 bridgehead atoms. The Morgan fingerprint density at radius 1 is 1.62 bits per heavy atom. The molecule has 1 rings (SSSR count). The molecule has 0 aliphatic rings. The number of hydrogen-bond donors (Lipinski definition) is 0. The van der Waals surface area contributed by atoms with E-state index in [1.54, 1.807) is 6.92 Å². The Labute approximate surface area is 99.9 Å². The summed E-state index contributed by atoms with van der Waals surface area (Å²) in [6.07, 6.45) is -2.71. The van der Waals surface area contributed by atoms with Crippen LogP contribution in [0.25, 0.3) is 0 Å². The number of pyridine rings is 1. The van der Waals surface area contributed by atoms with Crippen molar-refractivity contribution in [1.29, 1.82) is 0 Å². The van der Waals surface area contributed by atoms with Crippen molar-refractivity contribution < 1.29 is 18.3 Å². The van der Waals surface area contributed by atoms with Gasteiger partial charge in [0.05, 0.1) is 7.11 Å². The second-order valence-corrected chi connectivity index (χ2v) is 3.67. The molecule has 16 heavy (non-hydrogen) atoms. The topological polar surface area (TPSA) is 39.2 Å². The largest absolute Gasteiger partial charge is 0.464 e. The maximum Gasteiger partial charge on any atom is 0.356 e. The van der Waals surface area contributed by atoms with Gasteiger partial charge in [0.25, 0.3) is 6.43 Å². The normalized spacial score (nSPS) is 10.6. The van der Waals surface area contributed by atoms with Gasteiger partial charge in [-0.25, -0.2) is 18.6 Å². The molecule has 0 unspecified atom stereocenters. The van der Waals surface area contributed by atoms with Crippen LogP contribution in [0, 0.1) is 6.92 Å². The maximum absolute atomic E-state index is 12.7. The monoisotopic (exact) mass is 293 g/mol. The van der Waals surface area contributed by atoms with Gasteiger partial charge in [-0.3, -0.25) is 0 Å². The molecule has 0 saturated heterocycles. The van der Waals surface area contributed by atoms with Gasteiger partial charge in [0.15, 0.2) is 0 Å². The van der Waals surface area contributed by atoms with Gasteiger partial charge >= 0.3 is 5.97 Å². The van der Waals surface area contributed by atoms with E-state index in [4.69, 9.17) is 0 Å². The number of aryl methyl sites for hydroxylation is 1. The first-order chi connectivity index (χ1) is 7.51. The van der Waals surface area contributed by atoms with Crippen LogP contribution in [-0.2, 0) is 10.1 Å². The third kappa shape index (κ3) is 2.55. The molecule has 0 saturated carbocycles. The maximum atomic E-state index is 12.7. The third-order valence-electron chi connectivity index (χ3n) is 2.11. The van der Waals surface area contributed by atoms with Gasteiger partial charge in [-0.2, -0.15) is 0 Å². The summed E-state index contributed by atoms with van der Waals surface area (Å²) in [5.74, 6) is -0.717. The molecule has 88 valence electrons. The van der Waals surface area contributed by atoms with Crippen LogP contribution in [0.3, 0.4) is 0 Å². The molecule has 0 radical (unpaired) electrons. The molecule has 0 atom stereocenters. The number of alkyl halides is 3. The van der Waals surface area contributed by atoms with Crippen molar-refractivity contribution >= 4 is 21.9 Å². The molecule has 0 aromatic carbocycles. The van der Waals surface area contributed by atoms with Gasteiger partial charge < -0.3 is 4.74 Å². The van der Waals surface area contributed by atoms with Crippen LogP contribution < -0.4 is 0 Å². The van der Waals surface area contributed by atoms with Crippen LogP contribution in [0.5, 0.6) is 0 Å². The number of hydrogen-bond acceptors (Lipinski definition) is 3. The summed E-state index contributed by atoms with van der Waals surface area (Å²) in [6.45, 7) is 1.65. The van der Waals surface area contributed by atoms with Gasteiger partial charge in [-0.15, -0.1) is 0 Å². The highest BCUT2D eigenvalue weighted by Gasteiger charge is 2.20. The molecule has 0 fully saturated rings. The summed E-state index contributed by atoms with van der Waals surface area (Å²) in [5, 5.41) is 0.271. The predicted molar refractivity (Wildman–Crippen MR) is 57.9 cm³/mol. The Hall–Kier alpha value is -1.04. The first-order valence-corrected chi connectivity index (χ1v) is 5.56. The quantitative estimate of drug-likeness (QED) is 0.635. The van der Waals surface area contributed by atoms with Crippen molar-refractivity contribution in [1.82, 2.24) is 4.98 Å². The molecule has 1 aromatic heterocycles. The Balaban J connectivity index is 3.33. The van der Waals surface area contributed by atoms with Crippen LogP contribution in [0.1, 0.15) is 33.7 Å². The molecular formula is C10H10BrF2NO2. The van der Waals surface area contributed by atoms with Gasteiger partial charge in [-0.05, 0) is 24.1 Å². The van der Waals surface area contributed by atoms with Crippen LogP contribution in [0.4, 0.5) is 8.78 Å². The van der Waals surface area contributed by atoms with E-state index in [0.29, 0.717) is 11.1 Å². The van der Waals surface area contributed by atoms with Crippen molar-refractivity contribution in [2.45, 2.75) is 18.7 Å². The Morgan fingerprint density at radius 3 is 2.69 bits per heavy atom. The summed E-state index contributed by atoms with van der Waals surface area (Å²) in [4.78, 5) is 14.8. The molecule has 1 aromatic rings. The lowest BCUT2D eigenvalue weighted by Crippen LogP contribution is -2.10. The average molecular weight is 294 g/mol. The smallest absolute Gasteiger partial charge is 0.356 e. The fourth-order valence-electron chi connectivity index (χ4n) is 1.29. The van der Waals surface area contributed by atoms with Crippen LogP contribution in [0.2, 0.25) is 0 Å². The Morgan fingerprint density at radius 2 is 2.25 bits per heavy atom. The summed E-state index contributed by atoms with van der Waals surface area (Å²) >= 11 is 3.12. The second kappa shape index (κ2) is 5.34. The first kappa shape index (κ1) is 13.0. The number of methoxy groups -OCH3 is 1. The zero-order valence-corrected chi connectivity index (χ0v) is 10.3. The predicted octanol–water partition coefficient (Wildman–Crippen LogP) is 3.01. The van der Waals surface area contributed by atoms with Gasteiger partial charge in [0.2, 0.25) is 0 Å². The number of esters is 1. The highest BCUT2D eigenvalue weighted by atomic mass is 79.9. The summed E-state index contributed by atoms with van der Waals surface area (Å²) in [5.41, 5.74) is 0.516. The molecule has 1 heterocycles. The number of aromatic nitrogens is 1. The highest BCUT2D eigenvalue weighted by molar-refractivity contribution is 9.08. The van der Waals surface area contributed by atoms with Crippen molar-refractivity contribution in [3.05, 3.63) is 28.6 Å². The first-order valence-electron chi connectivity index (χ1n) is 4.44. The van der Waals surface area contributed by atoms with E-state index in [2.05, 4.69) is 25.7 Å². The molecule has 0 spiro atoms. The van der Waals surface area contributed by atoms with Crippen molar-refractivity contribution in [3.63, 3.8) is 0 Å². The second-order valence-electron chi connectivity index (χ2n) is 3.11. The van der Waals surface area contributed by atoms with E-state index in [-0.39, 0.29) is 16.7 Å². The lowest BCUT2D eigenvalue weighted by Gasteiger charge is -2.10. The van der Waals surface area contributed by atoms with Gasteiger partial charge in [0.1, 0.15) is 11.4 Å². The van der Waals surface area contributed by atoms with Crippen LogP contribution in [-0.4, -0.2) is 18.1 Å². The number of ether oxygens (including phenoxy) is 1. The Kier molecular flexibility index (Phi) is 4.35. The van der Waals surface area contributed by atoms with Crippen molar-refractivity contribution in [2.24, 2.45) is 0 Å². The Bertz CT molecular complexity index is 410. The summed E-state index contributed by atoms with van der Waals surface area (Å²) in [7, 11) is 1.18. The minimum Gasteiger partial charge on any atom is -0.464 e. The van der Waals surface area contributed by atoms with E-state index < -0.39 is 12.4 Å². The zero-order chi connectivity index (χ0) is 12.3. The number of nitrogens with zero attached hydrogens (tertiary/aromatic N) is 1. The average Bonchev–Trinajstić information content (AvgIpc) is 2.26. The zero-order valence-electron chi connectivity index (χ0n) is 8.76. The highest BCUT2D eigenvalue weighted by Crippen LogP contribution is 2.26. The van der Waals surface area contributed by atoms with Crippen LogP contribution in [0.15, 0.2) is 6.07 Å². The van der Waals surface area contributed by atoms with Crippen molar-refractivity contribution in [3.8, 4) is 0 Å². The van der Waals surface area contributed by atoms with E-state index in [1.807, 2.05) is 0 Å². The number of halogens is 3. The lowest BCUT2D eigenvalue weighted by molar-refractivity contribution is 0.0592. The standard InChI is InChI=1S/C10H10BrF2NO2/c1-5-3-7(10(15)16-2)14-8(9(12)13)6(5)4-11/h3,9H,4H2,1-2H3. The fraction of sp³-hybridized carbons (Fsp3) is 0.400. The van der Waals surface area contributed by atoms with Crippen LogP contribution >= 0.6 is 15.9 Å². The molecular weight excluding hydrogens is 284 g/mol. The van der Waals surface area contributed by atoms with E-state index in [9.17, 15) is 13.6 Å². The minimum absolute atomic E-state index is 0.0972. The number of carbonyl (C=O) groups is 1. The minimum atomic E-state index is -2.71. The number of carbonyl (C=O) groups excluding carboxylic acids is 1. The third-order valence-corrected chi connectivity index (χ3v) is 2.67. The molecule has 0 amide bonds. The van der Waals surface area contributed by atoms with Gasteiger partial charge in [0, 0.05) is 5.33 Å². The van der Waals surface area contributed by atoms with E-state index >= 15 is 0 Å². The fourth-order valence-corrected chi connectivity index (χ4v) is 2.02. The molecule has 6 heteroatoms. The summed E-state index contributed by atoms with van der Waals surface area (Å²) in [6, 6.07) is 1.44. The SMILES string of the molecule is COC(=O)c1cc(C)c(CBr)c(C(F)F)n1. The summed E-state index contributed by atoms with van der Waals surface area (Å²) < 4.78 is 29.9. The van der Waals surface area contributed by atoms with E-state index in [1.165, 1.54) is 13.2 Å². The van der Waals surface area contributed by atoms with E-state index in [0.717, 1.165) is 0 Å². The van der Waals surface area contributed by atoms with Crippen molar-refractivity contribution in [2.75, 3.05) is 7.11 Å².